The smallest absolute Gasteiger partial charge is 0.274 e. The van der Waals surface area contributed by atoms with E-state index in [4.69, 9.17) is 9.15 Å². The molecule has 2 aromatic heterocycles. The molecule has 2 heterocycles. The lowest BCUT2D eigenvalue weighted by atomic mass is 10.1. The zero-order valence-corrected chi connectivity index (χ0v) is 16.6. The summed E-state index contributed by atoms with van der Waals surface area (Å²) in [6, 6.07) is 21.1. The van der Waals surface area contributed by atoms with Gasteiger partial charge in [0.2, 0.25) is 0 Å². The monoisotopic (exact) mass is 402 g/mol. The Morgan fingerprint density at radius 1 is 1.00 bits per heavy atom. The molecular weight excluding hydrogens is 380 g/mol. The molecule has 152 valence electrons. The van der Waals surface area contributed by atoms with Crippen molar-refractivity contribution in [1.82, 2.24) is 20.3 Å². The minimum atomic E-state index is -0.255. The van der Waals surface area contributed by atoms with Crippen molar-refractivity contribution in [2.75, 3.05) is 0 Å². The molecule has 0 atom stereocenters. The Labute approximate surface area is 174 Å². The number of amides is 1. The molecule has 0 aliphatic rings. The standard InChI is InChI=1S/C23H22N4O3/c1-17-22(26-27(25-17)20-9-3-2-4-10-20)23(28)24-14-18-7-5-8-19(13-18)15-29-16-21-11-6-12-30-21/h2-13H,14-16H2,1H3,(H,24,28). The highest BCUT2D eigenvalue weighted by Gasteiger charge is 2.16. The maximum Gasteiger partial charge on any atom is 0.274 e. The molecule has 0 saturated heterocycles. The van der Waals surface area contributed by atoms with E-state index in [2.05, 4.69) is 15.5 Å². The Morgan fingerprint density at radius 3 is 2.63 bits per heavy atom. The van der Waals surface area contributed by atoms with Gasteiger partial charge in [-0.15, -0.1) is 5.10 Å². The first-order valence-corrected chi connectivity index (χ1v) is 9.64. The van der Waals surface area contributed by atoms with Crippen molar-refractivity contribution in [1.29, 1.82) is 0 Å². The number of nitrogens with zero attached hydrogens (tertiary/aromatic N) is 3. The van der Waals surface area contributed by atoms with Crippen LogP contribution in [0.2, 0.25) is 0 Å². The van der Waals surface area contributed by atoms with Crippen molar-refractivity contribution in [3.05, 3.63) is 101 Å². The molecule has 0 fully saturated rings. The van der Waals surface area contributed by atoms with Gasteiger partial charge in [-0.3, -0.25) is 4.79 Å². The molecule has 0 aliphatic heterocycles. The number of aromatic nitrogens is 3. The number of hydrogen-bond donors (Lipinski definition) is 1. The Balaban J connectivity index is 1.34. The van der Waals surface area contributed by atoms with Gasteiger partial charge in [0, 0.05) is 6.54 Å². The summed E-state index contributed by atoms with van der Waals surface area (Å²) in [5.74, 6) is 0.534. The Kier molecular flexibility index (Phi) is 6.01. The van der Waals surface area contributed by atoms with Crippen molar-refractivity contribution in [2.24, 2.45) is 0 Å². The van der Waals surface area contributed by atoms with E-state index in [0.717, 1.165) is 22.6 Å². The number of carbonyl (C=O) groups excluding carboxylic acids is 1. The highest BCUT2D eigenvalue weighted by Crippen LogP contribution is 2.11. The van der Waals surface area contributed by atoms with Gasteiger partial charge in [-0.2, -0.15) is 9.90 Å². The molecule has 0 aliphatic carbocycles. The van der Waals surface area contributed by atoms with Crippen LogP contribution in [0.1, 0.15) is 33.1 Å². The van der Waals surface area contributed by atoms with Gasteiger partial charge < -0.3 is 14.5 Å². The number of aryl methyl sites for hydroxylation is 1. The molecule has 0 radical (unpaired) electrons. The third-order valence-electron chi connectivity index (χ3n) is 4.52. The lowest BCUT2D eigenvalue weighted by Crippen LogP contribution is -2.24. The quantitative estimate of drug-likeness (QED) is 0.485. The van der Waals surface area contributed by atoms with Gasteiger partial charge in [-0.1, -0.05) is 42.5 Å². The summed E-state index contributed by atoms with van der Waals surface area (Å²) in [7, 11) is 0. The molecule has 0 bridgehead atoms. The summed E-state index contributed by atoms with van der Waals surface area (Å²) in [5.41, 5.74) is 3.71. The topological polar surface area (TPSA) is 82.2 Å². The summed E-state index contributed by atoms with van der Waals surface area (Å²) in [6.45, 7) is 3.05. The molecule has 4 aromatic rings. The van der Waals surface area contributed by atoms with Crippen LogP contribution >= 0.6 is 0 Å². The summed E-state index contributed by atoms with van der Waals surface area (Å²) in [6.07, 6.45) is 1.63. The Bertz CT molecular complexity index is 1100. The fourth-order valence-corrected chi connectivity index (χ4v) is 3.03. The molecule has 30 heavy (non-hydrogen) atoms. The fourth-order valence-electron chi connectivity index (χ4n) is 3.03. The van der Waals surface area contributed by atoms with Gasteiger partial charge in [-0.25, -0.2) is 0 Å². The number of benzene rings is 2. The predicted octanol–water partition coefficient (Wildman–Crippen LogP) is 3.82. The Hall–Kier alpha value is -3.71. The lowest BCUT2D eigenvalue weighted by molar-refractivity contribution is 0.0928. The number of hydrogen-bond acceptors (Lipinski definition) is 5. The van der Waals surface area contributed by atoms with Gasteiger partial charge in [0.25, 0.3) is 5.91 Å². The summed E-state index contributed by atoms with van der Waals surface area (Å²) >= 11 is 0. The third kappa shape index (κ3) is 4.82. The number of rotatable bonds is 8. The second kappa shape index (κ2) is 9.19. The van der Waals surface area contributed by atoms with Gasteiger partial charge >= 0.3 is 0 Å². The number of ether oxygens (including phenoxy) is 1. The van der Waals surface area contributed by atoms with Gasteiger partial charge in [-0.05, 0) is 42.3 Å². The van der Waals surface area contributed by atoms with E-state index in [-0.39, 0.29) is 5.91 Å². The van der Waals surface area contributed by atoms with Crippen LogP contribution in [-0.4, -0.2) is 20.9 Å². The summed E-state index contributed by atoms with van der Waals surface area (Å²) in [4.78, 5) is 14.1. The maximum absolute atomic E-state index is 12.6. The van der Waals surface area contributed by atoms with Gasteiger partial charge in [0.05, 0.1) is 24.3 Å². The third-order valence-corrected chi connectivity index (χ3v) is 4.52. The van der Waals surface area contributed by atoms with Crippen molar-refractivity contribution < 1.29 is 13.9 Å². The Morgan fingerprint density at radius 2 is 1.83 bits per heavy atom. The molecule has 7 heteroatoms. The van der Waals surface area contributed by atoms with Crippen LogP contribution in [0, 0.1) is 6.92 Å². The number of para-hydroxylation sites is 1. The van der Waals surface area contributed by atoms with E-state index in [1.54, 1.807) is 13.2 Å². The van der Waals surface area contributed by atoms with Crippen molar-refractivity contribution in [3.8, 4) is 5.69 Å². The highest BCUT2D eigenvalue weighted by atomic mass is 16.5. The minimum Gasteiger partial charge on any atom is -0.467 e. The first-order valence-electron chi connectivity index (χ1n) is 9.64. The second-order valence-corrected chi connectivity index (χ2v) is 6.83. The molecule has 2 aromatic carbocycles. The molecule has 4 rings (SSSR count). The van der Waals surface area contributed by atoms with Gasteiger partial charge in [0.15, 0.2) is 5.69 Å². The van der Waals surface area contributed by atoms with E-state index < -0.39 is 0 Å². The molecular formula is C23H22N4O3. The number of furan rings is 1. The van der Waals surface area contributed by atoms with Crippen LogP contribution in [0.5, 0.6) is 0 Å². The first-order chi connectivity index (χ1) is 14.7. The number of nitrogens with one attached hydrogen (secondary N) is 1. The minimum absolute atomic E-state index is 0.255. The normalized spacial score (nSPS) is 10.8. The highest BCUT2D eigenvalue weighted by molar-refractivity contribution is 5.93. The molecule has 7 nitrogen and oxygen atoms in total. The van der Waals surface area contributed by atoms with E-state index in [0.29, 0.717) is 31.1 Å². The summed E-state index contributed by atoms with van der Waals surface area (Å²) in [5, 5.41) is 11.6. The molecule has 0 saturated carbocycles. The largest absolute Gasteiger partial charge is 0.467 e. The van der Waals surface area contributed by atoms with E-state index >= 15 is 0 Å². The van der Waals surface area contributed by atoms with Crippen LogP contribution in [0.3, 0.4) is 0 Å². The maximum atomic E-state index is 12.6. The average Bonchev–Trinajstić information content (AvgIpc) is 3.43. The van der Waals surface area contributed by atoms with Gasteiger partial charge in [0.1, 0.15) is 12.4 Å². The van der Waals surface area contributed by atoms with E-state index in [1.807, 2.05) is 66.7 Å². The molecule has 0 unspecified atom stereocenters. The van der Waals surface area contributed by atoms with Crippen molar-refractivity contribution >= 4 is 5.91 Å². The molecule has 1 N–H and O–H groups in total. The lowest BCUT2D eigenvalue weighted by Gasteiger charge is -2.07. The van der Waals surface area contributed by atoms with Crippen LogP contribution in [0.25, 0.3) is 5.69 Å². The predicted molar refractivity (Wildman–Crippen MR) is 111 cm³/mol. The average molecular weight is 402 g/mol. The van der Waals surface area contributed by atoms with E-state index in [1.165, 1.54) is 4.80 Å². The first kappa shape index (κ1) is 19.6. The zero-order valence-electron chi connectivity index (χ0n) is 16.6. The summed E-state index contributed by atoms with van der Waals surface area (Å²) < 4.78 is 10.9. The van der Waals surface area contributed by atoms with E-state index in [9.17, 15) is 4.79 Å². The zero-order chi connectivity index (χ0) is 20.8. The SMILES string of the molecule is Cc1nn(-c2ccccc2)nc1C(=O)NCc1cccc(COCc2ccco2)c1. The van der Waals surface area contributed by atoms with Crippen LogP contribution in [0.15, 0.2) is 77.4 Å². The van der Waals surface area contributed by atoms with Crippen LogP contribution in [0.4, 0.5) is 0 Å². The number of carbonyl (C=O) groups is 1. The van der Waals surface area contributed by atoms with Crippen LogP contribution in [-0.2, 0) is 24.5 Å². The molecule has 1 amide bonds. The fraction of sp³-hybridized carbons (Fsp3) is 0.174. The van der Waals surface area contributed by atoms with Crippen molar-refractivity contribution in [2.45, 2.75) is 26.7 Å². The second-order valence-electron chi connectivity index (χ2n) is 6.83. The molecule has 0 spiro atoms. The van der Waals surface area contributed by atoms with Crippen molar-refractivity contribution in [3.63, 3.8) is 0 Å². The van der Waals surface area contributed by atoms with Crippen LogP contribution < -0.4 is 5.32 Å².